The zero-order valence-electron chi connectivity index (χ0n) is 15.1. The number of nitrogens with one attached hydrogen (secondary N) is 1. The maximum Gasteiger partial charge on any atom is 0.335 e. The first kappa shape index (κ1) is 15.9. The predicted molar refractivity (Wildman–Crippen MR) is 98.3 cm³/mol. The number of H-pyrrole nitrogens is 1. The summed E-state index contributed by atoms with van der Waals surface area (Å²) in [6, 6.07) is 8.64. The van der Waals surface area contributed by atoms with Crippen molar-refractivity contribution in [2.24, 2.45) is 17.8 Å². The molecule has 5 rings (SSSR count). The van der Waals surface area contributed by atoms with Gasteiger partial charge in [0, 0.05) is 47.2 Å². The number of hydrogen-bond acceptors (Lipinski definition) is 4. The van der Waals surface area contributed by atoms with Crippen molar-refractivity contribution < 1.29 is 14.6 Å². The third-order valence-corrected chi connectivity index (χ3v) is 6.77. The number of carbonyl (C=O) groups excluding carboxylic acids is 1. The SMILES string of the molecule is COC(=O)C1=CN2CCc3[nH]c4ccccc4c3C2[C@@H]2[C@@H](C)[C@H](O)C[C@H]12. The highest BCUT2D eigenvalue weighted by Crippen LogP contribution is 2.55. The minimum absolute atomic E-state index is 0.0494. The number of esters is 1. The molecule has 1 aromatic heterocycles. The molecule has 3 heterocycles. The highest BCUT2D eigenvalue weighted by atomic mass is 16.5. The molecule has 1 fully saturated rings. The lowest BCUT2D eigenvalue weighted by atomic mass is 9.72. The van der Waals surface area contributed by atoms with Gasteiger partial charge in [0.05, 0.1) is 24.8 Å². The first-order valence-electron chi connectivity index (χ1n) is 9.43. The van der Waals surface area contributed by atoms with Crippen LogP contribution in [0.1, 0.15) is 30.6 Å². The number of fused-ring (bicyclic) bond motifs is 7. The molecule has 1 aromatic carbocycles. The highest BCUT2D eigenvalue weighted by molar-refractivity contribution is 5.90. The average Bonchev–Trinajstić information content (AvgIpc) is 3.18. The predicted octanol–water partition coefficient (Wildman–Crippen LogP) is 2.77. The fraction of sp³-hybridized carbons (Fsp3) is 0.476. The largest absolute Gasteiger partial charge is 0.466 e. The van der Waals surface area contributed by atoms with Crippen LogP contribution >= 0.6 is 0 Å². The molecule has 5 nitrogen and oxygen atoms in total. The number of benzene rings is 1. The van der Waals surface area contributed by atoms with Gasteiger partial charge in [-0.3, -0.25) is 0 Å². The fourth-order valence-electron chi connectivity index (χ4n) is 5.55. The van der Waals surface area contributed by atoms with Crippen molar-refractivity contribution in [3.63, 3.8) is 0 Å². The standard InChI is InChI=1S/C21H24N2O3/c1-11-17(24)9-13-14(21(25)26-2)10-23-8-7-16-19(20(23)18(11)13)12-5-3-4-6-15(12)22-16/h3-6,10-11,13,17-18,20,22,24H,7-9H2,1-2H3/t11-,13+,17+,18+,20?/m0/s1. The summed E-state index contributed by atoms with van der Waals surface area (Å²) in [5, 5.41) is 11.9. The van der Waals surface area contributed by atoms with E-state index in [9.17, 15) is 9.90 Å². The Hall–Kier alpha value is -2.27. The van der Waals surface area contributed by atoms with E-state index >= 15 is 0 Å². The summed E-state index contributed by atoms with van der Waals surface area (Å²) in [7, 11) is 1.44. The Morgan fingerprint density at radius 3 is 2.96 bits per heavy atom. The van der Waals surface area contributed by atoms with E-state index in [0.717, 1.165) is 18.5 Å². The lowest BCUT2D eigenvalue weighted by molar-refractivity contribution is -0.137. The maximum absolute atomic E-state index is 12.4. The zero-order valence-corrected chi connectivity index (χ0v) is 15.1. The molecule has 0 saturated heterocycles. The van der Waals surface area contributed by atoms with Crippen LogP contribution in [0, 0.1) is 17.8 Å². The van der Waals surface area contributed by atoms with Gasteiger partial charge in [0.15, 0.2) is 0 Å². The number of nitrogens with zero attached hydrogens (tertiary/aromatic N) is 1. The normalized spacial score (nSPS) is 32.7. The van der Waals surface area contributed by atoms with Crippen LogP contribution < -0.4 is 0 Å². The average molecular weight is 352 g/mol. The molecule has 2 aliphatic heterocycles. The lowest BCUT2D eigenvalue weighted by Crippen LogP contribution is -2.44. The molecule has 0 bridgehead atoms. The quantitative estimate of drug-likeness (QED) is 0.775. The number of ether oxygens (including phenoxy) is 1. The van der Waals surface area contributed by atoms with Gasteiger partial charge in [-0.05, 0) is 24.3 Å². The number of methoxy groups -OCH3 is 1. The molecule has 1 unspecified atom stereocenters. The van der Waals surface area contributed by atoms with E-state index in [-0.39, 0.29) is 35.9 Å². The molecular formula is C21H24N2O3. The van der Waals surface area contributed by atoms with Gasteiger partial charge < -0.3 is 19.7 Å². The van der Waals surface area contributed by atoms with Gasteiger partial charge in [-0.1, -0.05) is 25.1 Å². The van der Waals surface area contributed by atoms with Crippen LogP contribution in [0.25, 0.3) is 10.9 Å². The molecule has 26 heavy (non-hydrogen) atoms. The van der Waals surface area contributed by atoms with Crippen molar-refractivity contribution in [3.05, 3.63) is 47.3 Å². The van der Waals surface area contributed by atoms with E-state index in [0.29, 0.717) is 6.42 Å². The molecular weight excluding hydrogens is 328 g/mol. The second kappa shape index (κ2) is 5.61. The zero-order chi connectivity index (χ0) is 18.0. The van der Waals surface area contributed by atoms with E-state index in [1.54, 1.807) is 0 Å². The van der Waals surface area contributed by atoms with Crippen LogP contribution in [-0.4, -0.2) is 40.7 Å². The number of rotatable bonds is 1. The van der Waals surface area contributed by atoms with Crippen LogP contribution in [0.5, 0.6) is 0 Å². The fourth-order valence-corrected chi connectivity index (χ4v) is 5.55. The summed E-state index contributed by atoms with van der Waals surface area (Å²) in [6.45, 7) is 2.99. The van der Waals surface area contributed by atoms with Crippen molar-refractivity contribution in [1.82, 2.24) is 9.88 Å². The minimum Gasteiger partial charge on any atom is -0.466 e. The number of hydrogen-bond donors (Lipinski definition) is 2. The van der Waals surface area contributed by atoms with Crippen molar-refractivity contribution in [2.45, 2.75) is 31.9 Å². The number of aliphatic hydroxyl groups is 1. The van der Waals surface area contributed by atoms with Crippen molar-refractivity contribution >= 4 is 16.9 Å². The Morgan fingerprint density at radius 2 is 2.15 bits per heavy atom. The molecule has 1 aliphatic carbocycles. The van der Waals surface area contributed by atoms with E-state index in [1.165, 1.54) is 29.3 Å². The Labute approximate surface area is 152 Å². The smallest absolute Gasteiger partial charge is 0.335 e. The molecule has 3 aliphatic rings. The molecule has 5 heteroatoms. The van der Waals surface area contributed by atoms with E-state index in [2.05, 4.69) is 41.1 Å². The summed E-state index contributed by atoms with van der Waals surface area (Å²) in [5.74, 6) is 0.139. The lowest BCUT2D eigenvalue weighted by Gasteiger charge is -2.46. The van der Waals surface area contributed by atoms with E-state index < -0.39 is 0 Å². The minimum atomic E-state index is -0.381. The van der Waals surface area contributed by atoms with Crippen molar-refractivity contribution in [2.75, 3.05) is 13.7 Å². The van der Waals surface area contributed by atoms with Gasteiger partial charge in [-0.2, -0.15) is 0 Å². The molecule has 1 saturated carbocycles. The van der Waals surface area contributed by atoms with Gasteiger partial charge in [0.2, 0.25) is 0 Å². The molecule has 2 N–H and O–H groups in total. The molecule has 0 amide bonds. The van der Waals surface area contributed by atoms with Gasteiger partial charge >= 0.3 is 5.97 Å². The van der Waals surface area contributed by atoms with Crippen LogP contribution in [-0.2, 0) is 16.0 Å². The number of aliphatic hydroxyl groups excluding tert-OH is 1. The Bertz CT molecular complexity index is 915. The Kier molecular flexibility index (Phi) is 3.44. The number of aromatic amines is 1. The summed E-state index contributed by atoms with van der Waals surface area (Å²) in [4.78, 5) is 18.3. The third-order valence-electron chi connectivity index (χ3n) is 6.77. The second-order valence-corrected chi connectivity index (χ2v) is 7.92. The molecule has 136 valence electrons. The van der Waals surface area contributed by atoms with Crippen LogP contribution in [0.15, 0.2) is 36.0 Å². The van der Waals surface area contributed by atoms with Gasteiger partial charge in [-0.15, -0.1) is 0 Å². The van der Waals surface area contributed by atoms with Gasteiger partial charge in [0.1, 0.15) is 0 Å². The monoisotopic (exact) mass is 352 g/mol. The summed E-state index contributed by atoms with van der Waals surface area (Å²) >= 11 is 0. The summed E-state index contributed by atoms with van der Waals surface area (Å²) in [5.41, 5.74) is 4.54. The highest BCUT2D eigenvalue weighted by Gasteiger charge is 2.52. The molecule has 0 spiro atoms. The second-order valence-electron chi connectivity index (χ2n) is 7.92. The van der Waals surface area contributed by atoms with E-state index in [1.807, 2.05) is 6.20 Å². The first-order chi connectivity index (χ1) is 12.6. The summed E-state index contributed by atoms with van der Waals surface area (Å²) < 4.78 is 5.05. The first-order valence-corrected chi connectivity index (χ1v) is 9.43. The molecule has 2 aromatic rings. The van der Waals surface area contributed by atoms with E-state index in [4.69, 9.17) is 4.74 Å². The van der Waals surface area contributed by atoms with Crippen LogP contribution in [0.2, 0.25) is 0 Å². The Morgan fingerprint density at radius 1 is 1.35 bits per heavy atom. The maximum atomic E-state index is 12.4. The van der Waals surface area contributed by atoms with Crippen LogP contribution in [0.4, 0.5) is 0 Å². The number of aromatic nitrogens is 1. The van der Waals surface area contributed by atoms with Crippen molar-refractivity contribution in [3.8, 4) is 0 Å². The molecule has 5 atom stereocenters. The number of para-hydroxylation sites is 1. The molecule has 0 radical (unpaired) electrons. The van der Waals surface area contributed by atoms with Crippen molar-refractivity contribution in [1.29, 1.82) is 0 Å². The van der Waals surface area contributed by atoms with Crippen LogP contribution in [0.3, 0.4) is 0 Å². The van der Waals surface area contributed by atoms with Gasteiger partial charge in [-0.25, -0.2) is 4.79 Å². The third kappa shape index (κ3) is 2.04. The summed E-state index contributed by atoms with van der Waals surface area (Å²) in [6.07, 6.45) is 3.19. The Balaban J connectivity index is 1.71. The van der Waals surface area contributed by atoms with Gasteiger partial charge in [0.25, 0.3) is 0 Å². The number of carbonyl (C=O) groups is 1. The topological polar surface area (TPSA) is 65.6 Å².